The standard InChI is InChI=1S/C22H16O2/c23-22-19(15-24-21-9-5-4-8-20(21)22)14-16-10-12-18(13-11-16)17-6-2-1-3-7-17/h1-14H,15H2/b19-14+. The Balaban J connectivity index is 1.61. The number of hydrogen-bond acceptors (Lipinski definition) is 2. The molecule has 0 amide bonds. The Hall–Kier alpha value is -3.13. The van der Waals surface area contributed by atoms with E-state index in [1.165, 1.54) is 5.56 Å². The summed E-state index contributed by atoms with van der Waals surface area (Å²) >= 11 is 0. The highest BCUT2D eigenvalue weighted by Gasteiger charge is 2.22. The van der Waals surface area contributed by atoms with Crippen molar-refractivity contribution < 1.29 is 9.53 Å². The van der Waals surface area contributed by atoms with Gasteiger partial charge in [-0.25, -0.2) is 0 Å². The average molecular weight is 312 g/mol. The number of benzene rings is 3. The topological polar surface area (TPSA) is 26.3 Å². The summed E-state index contributed by atoms with van der Waals surface area (Å²) in [7, 11) is 0. The second kappa shape index (κ2) is 6.17. The van der Waals surface area contributed by atoms with Gasteiger partial charge in [-0.2, -0.15) is 0 Å². The van der Waals surface area contributed by atoms with E-state index in [4.69, 9.17) is 4.74 Å². The maximum Gasteiger partial charge on any atom is 0.196 e. The van der Waals surface area contributed by atoms with Crippen LogP contribution in [0.25, 0.3) is 17.2 Å². The molecule has 0 spiro atoms. The monoisotopic (exact) mass is 312 g/mol. The third-order valence-electron chi connectivity index (χ3n) is 4.17. The first-order valence-electron chi connectivity index (χ1n) is 7.94. The number of para-hydroxylation sites is 1. The van der Waals surface area contributed by atoms with Crippen molar-refractivity contribution in [3.8, 4) is 16.9 Å². The first kappa shape index (κ1) is 14.5. The van der Waals surface area contributed by atoms with Crippen molar-refractivity contribution >= 4 is 11.9 Å². The fourth-order valence-corrected chi connectivity index (χ4v) is 2.88. The lowest BCUT2D eigenvalue weighted by molar-refractivity contribution is 0.100. The van der Waals surface area contributed by atoms with Gasteiger partial charge >= 0.3 is 0 Å². The fourth-order valence-electron chi connectivity index (χ4n) is 2.88. The van der Waals surface area contributed by atoms with Crippen molar-refractivity contribution in [3.05, 3.63) is 95.6 Å². The maximum atomic E-state index is 12.6. The lowest BCUT2D eigenvalue weighted by Gasteiger charge is -2.18. The number of rotatable bonds is 2. The van der Waals surface area contributed by atoms with Crippen LogP contribution in [-0.2, 0) is 0 Å². The molecule has 0 saturated carbocycles. The zero-order chi connectivity index (χ0) is 16.4. The summed E-state index contributed by atoms with van der Waals surface area (Å²) in [5, 5.41) is 0. The number of ether oxygens (including phenoxy) is 1. The smallest absolute Gasteiger partial charge is 0.196 e. The Bertz CT molecular complexity index is 906. The van der Waals surface area contributed by atoms with E-state index in [0.717, 1.165) is 11.1 Å². The Morgan fingerprint density at radius 3 is 2.21 bits per heavy atom. The second-order valence-corrected chi connectivity index (χ2v) is 5.77. The molecule has 1 aliphatic heterocycles. The van der Waals surface area contributed by atoms with Crippen LogP contribution < -0.4 is 4.74 Å². The SMILES string of the molecule is O=C1/C(=C/c2ccc(-c3ccccc3)cc2)COc2ccccc21. The molecule has 3 aromatic carbocycles. The van der Waals surface area contributed by atoms with E-state index in [1.807, 2.05) is 60.7 Å². The lowest BCUT2D eigenvalue weighted by Crippen LogP contribution is -2.18. The first-order chi connectivity index (χ1) is 11.8. The highest BCUT2D eigenvalue weighted by Crippen LogP contribution is 2.28. The molecule has 3 aromatic rings. The van der Waals surface area contributed by atoms with E-state index in [-0.39, 0.29) is 5.78 Å². The minimum absolute atomic E-state index is 0.0454. The molecule has 1 heterocycles. The molecule has 0 radical (unpaired) electrons. The molecule has 0 unspecified atom stereocenters. The predicted molar refractivity (Wildman–Crippen MR) is 96.1 cm³/mol. The third-order valence-corrected chi connectivity index (χ3v) is 4.17. The van der Waals surface area contributed by atoms with Gasteiger partial charge in [-0.05, 0) is 34.9 Å². The van der Waals surface area contributed by atoms with Crippen LogP contribution in [0.3, 0.4) is 0 Å². The van der Waals surface area contributed by atoms with Gasteiger partial charge in [0.1, 0.15) is 12.4 Å². The predicted octanol–water partition coefficient (Wildman–Crippen LogP) is 5.01. The summed E-state index contributed by atoms with van der Waals surface area (Å²) in [5.41, 5.74) is 4.66. The molecule has 116 valence electrons. The molecule has 0 aromatic heterocycles. The molecule has 2 heteroatoms. The number of Topliss-reactive ketones (excluding diaryl/α,β-unsaturated/α-hetero) is 1. The fraction of sp³-hybridized carbons (Fsp3) is 0.0455. The highest BCUT2D eigenvalue weighted by molar-refractivity contribution is 6.14. The maximum absolute atomic E-state index is 12.6. The van der Waals surface area contributed by atoms with Crippen LogP contribution in [0.1, 0.15) is 15.9 Å². The van der Waals surface area contributed by atoms with Gasteiger partial charge in [0.25, 0.3) is 0 Å². The van der Waals surface area contributed by atoms with Crippen LogP contribution in [0.2, 0.25) is 0 Å². The summed E-state index contributed by atoms with van der Waals surface area (Å²) in [4.78, 5) is 12.6. The molecule has 0 fully saturated rings. The quantitative estimate of drug-likeness (QED) is 0.622. The summed E-state index contributed by atoms with van der Waals surface area (Å²) in [6.07, 6.45) is 1.91. The number of carbonyl (C=O) groups excluding carboxylic acids is 1. The highest BCUT2D eigenvalue weighted by atomic mass is 16.5. The van der Waals surface area contributed by atoms with Gasteiger partial charge in [-0.3, -0.25) is 4.79 Å². The summed E-state index contributed by atoms with van der Waals surface area (Å²) in [5.74, 6) is 0.711. The van der Waals surface area contributed by atoms with Crippen molar-refractivity contribution in [1.29, 1.82) is 0 Å². The summed E-state index contributed by atoms with van der Waals surface area (Å²) in [6.45, 7) is 0.316. The molecule has 0 aliphatic carbocycles. The van der Waals surface area contributed by atoms with Crippen LogP contribution >= 0.6 is 0 Å². The van der Waals surface area contributed by atoms with Crippen LogP contribution in [0.15, 0.2) is 84.4 Å². The largest absolute Gasteiger partial charge is 0.488 e. The summed E-state index contributed by atoms with van der Waals surface area (Å²) < 4.78 is 5.68. The van der Waals surface area contributed by atoms with Gasteiger partial charge in [-0.1, -0.05) is 66.7 Å². The van der Waals surface area contributed by atoms with E-state index in [9.17, 15) is 4.79 Å². The minimum atomic E-state index is 0.0454. The van der Waals surface area contributed by atoms with Gasteiger partial charge in [0.05, 0.1) is 5.56 Å². The lowest BCUT2D eigenvalue weighted by atomic mass is 9.97. The van der Waals surface area contributed by atoms with E-state index >= 15 is 0 Å². The molecule has 0 atom stereocenters. The van der Waals surface area contributed by atoms with E-state index < -0.39 is 0 Å². The molecular formula is C22H16O2. The second-order valence-electron chi connectivity index (χ2n) is 5.77. The van der Waals surface area contributed by atoms with Crippen molar-refractivity contribution in [2.24, 2.45) is 0 Å². The molecular weight excluding hydrogens is 296 g/mol. The molecule has 24 heavy (non-hydrogen) atoms. The number of hydrogen-bond donors (Lipinski definition) is 0. The molecule has 1 aliphatic rings. The number of ketones is 1. The Morgan fingerprint density at radius 2 is 1.42 bits per heavy atom. The zero-order valence-electron chi connectivity index (χ0n) is 13.1. The molecule has 0 N–H and O–H groups in total. The van der Waals surface area contributed by atoms with Gasteiger partial charge < -0.3 is 4.74 Å². The number of fused-ring (bicyclic) bond motifs is 1. The van der Waals surface area contributed by atoms with Crippen molar-refractivity contribution in [3.63, 3.8) is 0 Å². The van der Waals surface area contributed by atoms with Gasteiger partial charge in [-0.15, -0.1) is 0 Å². The normalized spacial score (nSPS) is 15.0. The molecule has 0 bridgehead atoms. The molecule has 4 rings (SSSR count). The van der Waals surface area contributed by atoms with Gasteiger partial charge in [0.15, 0.2) is 5.78 Å². The average Bonchev–Trinajstić information content (AvgIpc) is 2.66. The first-order valence-corrected chi connectivity index (χ1v) is 7.94. The van der Waals surface area contributed by atoms with E-state index in [1.54, 1.807) is 0 Å². The van der Waals surface area contributed by atoms with Gasteiger partial charge in [0.2, 0.25) is 0 Å². The van der Waals surface area contributed by atoms with Crippen LogP contribution in [0.4, 0.5) is 0 Å². The molecule has 0 saturated heterocycles. The Morgan fingerprint density at radius 1 is 0.750 bits per heavy atom. The minimum Gasteiger partial charge on any atom is -0.488 e. The zero-order valence-corrected chi connectivity index (χ0v) is 13.1. The third kappa shape index (κ3) is 2.74. The Labute approximate surface area is 141 Å². The van der Waals surface area contributed by atoms with Crippen molar-refractivity contribution in [2.45, 2.75) is 0 Å². The summed E-state index contributed by atoms with van der Waals surface area (Å²) in [6, 6.07) is 25.8. The van der Waals surface area contributed by atoms with Crippen LogP contribution in [0.5, 0.6) is 5.75 Å². The Kier molecular flexibility index (Phi) is 3.72. The van der Waals surface area contributed by atoms with Crippen LogP contribution in [-0.4, -0.2) is 12.4 Å². The van der Waals surface area contributed by atoms with Gasteiger partial charge in [0, 0.05) is 5.57 Å². The van der Waals surface area contributed by atoms with Crippen molar-refractivity contribution in [1.82, 2.24) is 0 Å². The molecule has 2 nitrogen and oxygen atoms in total. The van der Waals surface area contributed by atoms with Crippen molar-refractivity contribution in [2.75, 3.05) is 6.61 Å². The van der Waals surface area contributed by atoms with E-state index in [2.05, 4.69) is 24.3 Å². The number of carbonyl (C=O) groups is 1. The van der Waals surface area contributed by atoms with Crippen LogP contribution in [0, 0.1) is 0 Å². The van der Waals surface area contributed by atoms with E-state index in [0.29, 0.717) is 23.5 Å².